The Labute approximate surface area is 113 Å². The highest BCUT2D eigenvalue weighted by atomic mass is 19.1. The molecule has 1 aromatic rings. The van der Waals surface area contributed by atoms with Crippen LogP contribution in [0.1, 0.15) is 37.3 Å². The van der Waals surface area contributed by atoms with Gasteiger partial charge in [-0.05, 0) is 49.6 Å². The first-order valence-electron chi connectivity index (χ1n) is 6.75. The van der Waals surface area contributed by atoms with Gasteiger partial charge in [0.2, 0.25) is 0 Å². The van der Waals surface area contributed by atoms with Gasteiger partial charge in [-0.15, -0.1) is 0 Å². The molecule has 0 aliphatic rings. The maximum absolute atomic E-state index is 12.9. The minimum atomic E-state index is -0.802. The van der Waals surface area contributed by atoms with E-state index in [1.165, 1.54) is 12.1 Å². The van der Waals surface area contributed by atoms with Crippen LogP contribution in [0.25, 0.3) is 0 Å². The van der Waals surface area contributed by atoms with Gasteiger partial charge < -0.3 is 10.4 Å². The van der Waals surface area contributed by atoms with Crippen molar-refractivity contribution in [2.24, 2.45) is 0 Å². The molecule has 106 valence electrons. The first-order valence-corrected chi connectivity index (χ1v) is 6.75. The van der Waals surface area contributed by atoms with Crippen LogP contribution >= 0.6 is 0 Å². The standard InChI is InChI=1S/C15H22FNO2/c1-3-4-5-14(15(18)19)17-9-8-12-6-7-13(16)10-11(12)2/h6-7,10,14,17H,3-5,8-9H2,1-2H3,(H,18,19). The number of carboxylic acid groups (broad SMARTS) is 1. The van der Waals surface area contributed by atoms with Gasteiger partial charge in [-0.1, -0.05) is 25.8 Å². The number of rotatable bonds is 8. The van der Waals surface area contributed by atoms with Crippen molar-refractivity contribution in [1.29, 1.82) is 0 Å². The Balaban J connectivity index is 2.45. The lowest BCUT2D eigenvalue weighted by atomic mass is 10.0. The van der Waals surface area contributed by atoms with Gasteiger partial charge in [0.25, 0.3) is 0 Å². The molecule has 1 atom stereocenters. The van der Waals surface area contributed by atoms with Gasteiger partial charge in [0, 0.05) is 0 Å². The summed E-state index contributed by atoms with van der Waals surface area (Å²) in [5.74, 6) is -1.04. The average molecular weight is 267 g/mol. The lowest BCUT2D eigenvalue weighted by molar-refractivity contribution is -0.139. The first-order chi connectivity index (χ1) is 9.04. The van der Waals surface area contributed by atoms with Crippen LogP contribution in [-0.2, 0) is 11.2 Å². The lowest BCUT2D eigenvalue weighted by Crippen LogP contribution is -2.37. The van der Waals surface area contributed by atoms with E-state index in [0.717, 1.165) is 24.0 Å². The molecule has 0 amide bonds. The van der Waals surface area contributed by atoms with Gasteiger partial charge in [-0.2, -0.15) is 0 Å². The summed E-state index contributed by atoms with van der Waals surface area (Å²) in [4.78, 5) is 11.0. The Morgan fingerprint density at radius 2 is 2.21 bits per heavy atom. The van der Waals surface area contributed by atoms with E-state index in [4.69, 9.17) is 5.11 Å². The van der Waals surface area contributed by atoms with Crippen LogP contribution in [0.2, 0.25) is 0 Å². The number of benzene rings is 1. The number of carboxylic acids is 1. The van der Waals surface area contributed by atoms with Crippen LogP contribution in [0.3, 0.4) is 0 Å². The molecule has 4 heteroatoms. The van der Waals surface area contributed by atoms with Crippen molar-refractivity contribution in [1.82, 2.24) is 5.32 Å². The summed E-state index contributed by atoms with van der Waals surface area (Å²) < 4.78 is 12.9. The fourth-order valence-electron chi connectivity index (χ4n) is 2.04. The topological polar surface area (TPSA) is 49.3 Å². The highest BCUT2D eigenvalue weighted by Gasteiger charge is 2.15. The van der Waals surface area contributed by atoms with E-state index in [1.807, 2.05) is 13.8 Å². The lowest BCUT2D eigenvalue weighted by Gasteiger charge is -2.14. The van der Waals surface area contributed by atoms with E-state index < -0.39 is 12.0 Å². The van der Waals surface area contributed by atoms with Crippen LogP contribution in [0.5, 0.6) is 0 Å². The molecule has 0 radical (unpaired) electrons. The first kappa shape index (κ1) is 15.6. The molecule has 0 aliphatic heterocycles. The zero-order chi connectivity index (χ0) is 14.3. The molecule has 0 spiro atoms. The molecular formula is C15H22FNO2. The second kappa shape index (κ2) is 7.89. The van der Waals surface area contributed by atoms with Crippen molar-refractivity contribution >= 4 is 5.97 Å². The monoisotopic (exact) mass is 267 g/mol. The van der Waals surface area contributed by atoms with Gasteiger partial charge in [-0.25, -0.2) is 4.39 Å². The van der Waals surface area contributed by atoms with Gasteiger partial charge in [-0.3, -0.25) is 4.79 Å². The van der Waals surface area contributed by atoms with Crippen LogP contribution < -0.4 is 5.32 Å². The van der Waals surface area contributed by atoms with E-state index >= 15 is 0 Å². The van der Waals surface area contributed by atoms with Gasteiger partial charge in [0.15, 0.2) is 0 Å². The summed E-state index contributed by atoms with van der Waals surface area (Å²) in [6.45, 7) is 4.50. The van der Waals surface area contributed by atoms with Crippen molar-refractivity contribution in [3.8, 4) is 0 Å². The highest BCUT2D eigenvalue weighted by Crippen LogP contribution is 2.10. The Morgan fingerprint density at radius 1 is 1.47 bits per heavy atom. The van der Waals surface area contributed by atoms with E-state index in [-0.39, 0.29) is 5.82 Å². The Bertz CT molecular complexity index is 421. The predicted molar refractivity (Wildman–Crippen MR) is 73.8 cm³/mol. The number of aliphatic carboxylic acids is 1. The van der Waals surface area contributed by atoms with E-state index in [1.54, 1.807) is 6.07 Å². The molecule has 0 saturated carbocycles. The fourth-order valence-corrected chi connectivity index (χ4v) is 2.04. The van der Waals surface area contributed by atoms with Gasteiger partial charge in [0.05, 0.1) is 0 Å². The molecule has 19 heavy (non-hydrogen) atoms. The molecule has 1 rings (SSSR count). The molecule has 0 fully saturated rings. The second-order valence-electron chi connectivity index (χ2n) is 4.81. The van der Waals surface area contributed by atoms with Crippen molar-refractivity contribution in [3.05, 3.63) is 35.1 Å². The third-order valence-electron chi connectivity index (χ3n) is 3.23. The number of hydrogen-bond acceptors (Lipinski definition) is 2. The van der Waals surface area contributed by atoms with E-state index in [9.17, 15) is 9.18 Å². The molecule has 2 N–H and O–H groups in total. The second-order valence-corrected chi connectivity index (χ2v) is 4.81. The van der Waals surface area contributed by atoms with Gasteiger partial charge >= 0.3 is 5.97 Å². The van der Waals surface area contributed by atoms with Crippen molar-refractivity contribution in [2.45, 2.75) is 45.6 Å². The Hall–Kier alpha value is -1.42. The summed E-state index contributed by atoms with van der Waals surface area (Å²) in [5, 5.41) is 12.1. The normalized spacial score (nSPS) is 12.4. The van der Waals surface area contributed by atoms with Crippen molar-refractivity contribution in [3.63, 3.8) is 0 Å². The number of hydrogen-bond donors (Lipinski definition) is 2. The molecular weight excluding hydrogens is 245 g/mol. The largest absolute Gasteiger partial charge is 0.480 e. The number of unbranched alkanes of at least 4 members (excludes halogenated alkanes) is 1. The molecule has 1 aromatic carbocycles. The molecule has 1 unspecified atom stereocenters. The molecule has 0 saturated heterocycles. The van der Waals surface area contributed by atoms with Crippen molar-refractivity contribution in [2.75, 3.05) is 6.54 Å². The van der Waals surface area contributed by atoms with Gasteiger partial charge in [0.1, 0.15) is 11.9 Å². The quantitative estimate of drug-likeness (QED) is 0.761. The van der Waals surface area contributed by atoms with Crippen LogP contribution in [0.15, 0.2) is 18.2 Å². The van der Waals surface area contributed by atoms with Crippen LogP contribution in [0, 0.1) is 12.7 Å². The third-order valence-corrected chi connectivity index (χ3v) is 3.23. The number of halogens is 1. The third kappa shape index (κ3) is 5.39. The van der Waals surface area contributed by atoms with Crippen LogP contribution in [0.4, 0.5) is 4.39 Å². The summed E-state index contributed by atoms with van der Waals surface area (Å²) in [7, 11) is 0. The van der Waals surface area contributed by atoms with E-state index in [2.05, 4.69) is 5.32 Å². The highest BCUT2D eigenvalue weighted by molar-refractivity contribution is 5.73. The maximum Gasteiger partial charge on any atom is 0.320 e. The Kier molecular flexibility index (Phi) is 6.50. The van der Waals surface area contributed by atoms with E-state index in [0.29, 0.717) is 19.4 Å². The van der Waals surface area contributed by atoms with Crippen LogP contribution in [-0.4, -0.2) is 23.7 Å². The summed E-state index contributed by atoms with van der Waals surface area (Å²) in [5.41, 5.74) is 1.95. The molecule has 0 heterocycles. The number of nitrogens with one attached hydrogen (secondary N) is 1. The maximum atomic E-state index is 12.9. The molecule has 0 aliphatic carbocycles. The summed E-state index contributed by atoms with van der Waals surface area (Å²) >= 11 is 0. The predicted octanol–water partition coefficient (Wildman–Crippen LogP) is 2.91. The zero-order valence-corrected chi connectivity index (χ0v) is 11.6. The molecule has 0 aromatic heterocycles. The van der Waals surface area contributed by atoms with Crippen molar-refractivity contribution < 1.29 is 14.3 Å². The smallest absolute Gasteiger partial charge is 0.320 e. The number of carbonyl (C=O) groups is 1. The molecule has 3 nitrogen and oxygen atoms in total. The summed E-state index contributed by atoms with van der Waals surface area (Å²) in [6.07, 6.45) is 3.25. The molecule has 0 bridgehead atoms. The number of aryl methyl sites for hydroxylation is 1. The fraction of sp³-hybridized carbons (Fsp3) is 0.533. The minimum absolute atomic E-state index is 0.236. The minimum Gasteiger partial charge on any atom is -0.480 e. The summed E-state index contributed by atoms with van der Waals surface area (Å²) in [6, 6.07) is 4.21. The average Bonchev–Trinajstić information content (AvgIpc) is 2.35. The zero-order valence-electron chi connectivity index (χ0n) is 11.6. The SMILES string of the molecule is CCCCC(NCCc1ccc(F)cc1C)C(=O)O. The Morgan fingerprint density at radius 3 is 2.79 bits per heavy atom.